The highest BCUT2D eigenvalue weighted by Gasteiger charge is 2.20. The molecule has 84 valence electrons. The number of methoxy groups -OCH3 is 1. The van der Waals surface area contributed by atoms with Gasteiger partial charge in [0.05, 0.1) is 30.7 Å². The molecule has 6 nitrogen and oxygen atoms in total. The average molecular weight is 237 g/mol. The van der Waals surface area contributed by atoms with Gasteiger partial charge >= 0.3 is 0 Å². The molecule has 2 rings (SSSR count). The molecule has 1 atom stereocenters. The molecule has 0 fully saturated rings. The van der Waals surface area contributed by atoms with E-state index >= 15 is 0 Å². The Morgan fingerprint density at radius 3 is 2.81 bits per heavy atom. The first-order valence-electron chi connectivity index (χ1n) is 4.66. The van der Waals surface area contributed by atoms with Crippen molar-refractivity contribution in [1.29, 1.82) is 0 Å². The van der Waals surface area contributed by atoms with E-state index in [0.717, 1.165) is 17.4 Å². The van der Waals surface area contributed by atoms with Crippen LogP contribution in [0, 0.1) is 0 Å². The fraction of sp³-hybridized carbons (Fsp3) is 0.333. The van der Waals surface area contributed by atoms with Crippen LogP contribution in [0.2, 0.25) is 0 Å². The maximum absolute atomic E-state index is 5.17. The summed E-state index contributed by atoms with van der Waals surface area (Å²) < 4.78 is 13.3. The molecule has 0 saturated carbocycles. The van der Waals surface area contributed by atoms with Crippen molar-refractivity contribution in [3.05, 3.63) is 30.0 Å². The van der Waals surface area contributed by atoms with Crippen LogP contribution in [0.3, 0.4) is 0 Å². The smallest absolute Gasteiger partial charge is 0.237 e. The van der Waals surface area contributed by atoms with E-state index in [0.29, 0.717) is 11.6 Å². The van der Waals surface area contributed by atoms with Gasteiger partial charge in [0.1, 0.15) is 11.7 Å². The van der Waals surface area contributed by atoms with Gasteiger partial charge in [-0.1, -0.05) is 0 Å². The first kappa shape index (κ1) is 10.9. The number of hydrogen-bond donors (Lipinski definition) is 1. The second kappa shape index (κ2) is 4.95. The Morgan fingerprint density at radius 2 is 2.19 bits per heavy atom. The molecule has 2 aromatic heterocycles. The molecule has 16 heavy (non-hydrogen) atoms. The third kappa shape index (κ3) is 2.00. The molecule has 0 amide bonds. The lowest BCUT2D eigenvalue weighted by molar-refractivity contribution is 0.383. The van der Waals surface area contributed by atoms with E-state index in [-0.39, 0.29) is 6.04 Å². The largest absolute Gasteiger partial charge is 0.480 e. The molecule has 0 spiro atoms. The van der Waals surface area contributed by atoms with E-state index in [1.54, 1.807) is 25.7 Å². The van der Waals surface area contributed by atoms with Gasteiger partial charge in [0.2, 0.25) is 5.88 Å². The number of nitrogens with one attached hydrogen (secondary N) is 1. The Labute approximate surface area is 97.0 Å². The first-order valence-corrected chi connectivity index (χ1v) is 5.39. The zero-order valence-electron chi connectivity index (χ0n) is 8.91. The molecule has 0 aliphatic rings. The zero-order valence-corrected chi connectivity index (χ0v) is 9.73. The minimum absolute atomic E-state index is 0.151. The molecule has 2 aromatic rings. The number of rotatable bonds is 4. The van der Waals surface area contributed by atoms with Crippen molar-refractivity contribution in [2.45, 2.75) is 6.04 Å². The van der Waals surface area contributed by atoms with Crippen molar-refractivity contribution < 1.29 is 4.74 Å². The SMILES string of the molecule is CNC(c1cnsn1)c1nccnc1OC. The Kier molecular flexibility index (Phi) is 3.37. The second-order valence-corrected chi connectivity index (χ2v) is 3.56. The van der Waals surface area contributed by atoms with Crippen LogP contribution < -0.4 is 10.1 Å². The monoisotopic (exact) mass is 237 g/mol. The predicted octanol–water partition coefficient (Wildman–Crippen LogP) is 0.645. The van der Waals surface area contributed by atoms with E-state index in [1.165, 1.54) is 0 Å². The molecule has 1 unspecified atom stereocenters. The summed E-state index contributed by atoms with van der Waals surface area (Å²) in [4.78, 5) is 8.37. The van der Waals surface area contributed by atoms with Crippen LogP contribution in [-0.4, -0.2) is 32.9 Å². The normalized spacial score (nSPS) is 12.4. The van der Waals surface area contributed by atoms with E-state index in [2.05, 4.69) is 24.0 Å². The highest BCUT2D eigenvalue weighted by atomic mass is 32.1. The lowest BCUT2D eigenvalue weighted by Gasteiger charge is -2.14. The third-order valence-electron chi connectivity index (χ3n) is 2.12. The minimum Gasteiger partial charge on any atom is -0.480 e. The van der Waals surface area contributed by atoms with Gasteiger partial charge in [-0.3, -0.25) is 4.98 Å². The van der Waals surface area contributed by atoms with E-state index < -0.39 is 0 Å². The molecule has 1 N–H and O–H groups in total. The van der Waals surface area contributed by atoms with Crippen molar-refractivity contribution in [3.63, 3.8) is 0 Å². The molecule has 0 aromatic carbocycles. The van der Waals surface area contributed by atoms with E-state index in [4.69, 9.17) is 4.74 Å². The van der Waals surface area contributed by atoms with E-state index in [9.17, 15) is 0 Å². The Hall–Kier alpha value is -1.60. The summed E-state index contributed by atoms with van der Waals surface area (Å²) in [7, 11) is 3.40. The summed E-state index contributed by atoms with van der Waals surface area (Å²) in [5, 5.41) is 3.12. The number of ether oxygens (including phenoxy) is 1. The van der Waals surface area contributed by atoms with Crippen LogP contribution >= 0.6 is 11.7 Å². The zero-order chi connectivity index (χ0) is 11.4. The molecular formula is C9H11N5OS. The minimum atomic E-state index is -0.151. The van der Waals surface area contributed by atoms with Gasteiger partial charge in [0.15, 0.2) is 0 Å². The van der Waals surface area contributed by atoms with Crippen molar-refractivity contribution in [2.24, 2.45) is 0 Å². The molecule has 0 saturated heterocycles. The lowest BCUT2D eigenvalue weighted by Crippen LogP contribution is -2.20. The molecule has 0 radical (unpaired) electrons. The van der Waals surface area contributed by atoms with E-state index in [1.807, 2.05) is 7.05 Å². The predicted molar refractivity (Wildman–Crippen MR) is 59.4 cm³/mol. The van der Waals surface area contributed by atoms with Gasteiger partial charge in [-0.15, -0.1) is 0 Å². The highest BCUT2D eigenvalue weighted by Crippen LogP contribution is 2.24. The fourth-order valence-corrected chi connectivity index (χ4v) is 1.86. The topological polar surface area (TPSA) is 72.8 Å². The van der Waals surface area contributed by atoms with Gasteiger partial charge in [0, 0.05) is 12.4 Å². The van der Waals surface area contributed by atoms with Crippen LogP contribution in [0.5, 0.6) is 5.88 Å². The standard InChI is InChI=1S/C9H11N5OS/c1-10-7(6-5-13-16-14-6)8-9(15-2)12-4-3-11-8/h3-5,7,10H,1-2H3. The molecule has 0 bridgehead atoms. The third-order valence-corrected chi connectivity index (χ3v) is 2.61. The maximum atomic E-state index is 5.17. The fourth-order valence-electron chi connectivity index (χ4n) is 1.42. The van der Waals surface area contributed by atoms with Gasteiger partial charge in [-0.05, 0) is 7.05 Å². The van der Waals surface area contributed by atoms with Crippen LogP contribution in [-0.2, 0) is 0 Å². The van der Waals surface area contributed by atoms with Gasteiger partial charge in [0.25, 0.3) is 0 Å². The van der Waals surface area contributed by atoms with Crippen molar-refractivity contribution in [2.75, 3.05) is 14.2 Å². The van der Waals surface area contributed by atoms with Crippen molar-refractivity contribution >= 4 is 11.7 Å². The Bertz CT molecular complexity index is 447. The van der Waals surface area contributed by atoms with Crippen molar-refractivity contribution in [3.8, 4) is 5.88 Å². The van der Waals surface area contributed by atoms with Gasteiger partial charge in [-0.2, -0.15) is 8.75 Å². The summed E-state index contributed by atoms with van der Waals surface area (Å²) >= 11 is 1.16. The Morgan fingerprint density at radius 1 is 1.38 bits per heavy atom. The molecule has 2 heterocycles. The number of aromatic nitrogens is 4. The molecule has 7 heteroatoms. The average Bonchev–Trinajstić information content (AvgIpc) is 2.84. The van der Waals surface area contributed by atoms with Crippen LogP contribution in [0.25, 0.3) is 0 Å². The lowest BCUT2D eigenvalue weighted by atomic mass is 10.1. The first-order chi connectivity index (χ1) is 7.86. The molecule has 0 aliphatic carbocycles. The number of nitrogens with zero attached hydrogens (tertiary/aromatic N) is 4. The summed E-state index contributed by atoms with van der Waals surface area (Å²) in [5.74, 6) is 0.495. The summed E-state index contributed by atoms with van der Waals surface area (Å²) in [6, 6.07) is -0.151. The number of hydrogen-bond acceptors (Lipinski definition) is 7. The van der Waals surface area contributed by atoms with Crippen LogP contribution in [0.15, 0.2) is 18.6 Å². The molecular weight excluding hydrogens is 226 g/mol. The van der Waals surface area contributed by atoms with Gasteiger partial charge in [-0.25, -0.2) is 4.98 Å². The van der Waals surface area contributed by atoms with Crippen LogP contribution in [0.4, 0.5) is 0 Å². The summed E-state index contributed by atoms with van der Waals surface area (Å²) in [6.07, 6.45) is 4.93. The second-order valence-electron chi connectivity index (χ2n) is 3.00. The maximum Gasteiger partial charge on any atom is 0.237 e. The molecule has 0 aliphatic heterocycles. The summed E-state index contributed by atoms with van der Waals surface area (Å²) in [6.45, 7) is 0. The highest BCUT2D eigenvalue weighted by molar-refractivity contribution is 6.99. The Balaban J connectivity index is 2.41. The van der Waals surface area contributed by atoms with Gasteiger partial charge < -0.3 is 10.1 Å². The quantitative estimate of drug-likeness (QED) is 0.841. The van der Waals surface area contributed by atoms with Crippen LogP contribution in [0.1, 0.15) is 17.4 Å². The van der Waals surface area contributed by atoms with Crippen molar-refractivity contribution in [1.82, 2.24) is 24.0 Å². The summed E-state index contributed by atoms with van der Waals surface area (Å²) in [5.41, 5.74) is 1.52.